The molecule has 1 aliphatic carbocycles. The molecule has 150 valence electrons. The number of carboxylic acids is 1. The lowest BCUT2D eigenvalue weighted by molar-refractivity contribution is -0.155. The molecule has 0 aromatic carbocycles. The Morgan fingerprint density at radius 3 is 2.19 bits per heavy atom. The van der Waals surface area contributed by atoms with E-state index in [9.17, 15) is 14.4 Å². The number of hydrogen-bond donors (Lipinski definition) is 3. The van der Waals surface area contributed by atoms with E-state index in [4.69, 9.17) is 20.3 Å². The molecule has 1 fully saturated rings. The standard InChI is InChI=1S/C18H32N2O6/c1-17(2)7-6-8-18(3,4)16(17)26-10-12(15(24)25-5)20-14(23)11(19)9-13(21)22/h11-12,16H,6-10,19H2,1-5H3,(H,20,23)(H,21,22)/t11-,12-/m0/s1. The zero-order chi connectivity index (χ0) is 20.1. The highest BCUT2D eigenvalue weighted by Crippen LogP contribution is 2.47. The number of ether oxygens (including phenoxy) is 2. The molecule has 0 bridgehead atoms. The molecular formula is C18H32N2O6. The molecule has 0 unspecified atom stereocenters. The van der Waals surface area contributed by atoms with Gasteiger partial charge in [0, 0.05) is 0 Å². The second kappa shape index (κ2) is 8.81. The summed E-state index contributed by atoms with van der Waals surface area (Å²) in [4.78, 5) is 34.8. The van der Waals surface area contributed by atoms with Gasteiger partial charge in [0.2, 0.25) is 5.91 Å². The van der Waals surface area contributed by atoms with Crippen molar-refractivity contribution < 1.29 is 29.0 Å². The van der Waals surface area contributed by atoms with Crippen molar-refractivity contribution in [2.24, 2.45) is 16.6 Å². The first-order valence-corrected chi connectivity index (χ1v) is 8.88. The molecule has 0 aromatic heterocycles. The lowest BCUT2D eigenvalue weighted by atomic mass is 9.63. The van der Waals surface area contributed by atoms with Crippen LogP contribution >= 0.6 is 0 Å². The highest BCUT2D eigenvalue weighted by atomic mass is 16.5. The van der Waals surface area contributed by atoms with Gasteiger partial charge in [-0.05, 0) is 23.7 Å². The maximum absolute atomic E-state index is 12.1. The van der Waals surface area contributed by atoms with Gasteiger partial charge in [-0.25, -0.2) is 4.79 Å². The van der Waals surface area contributed by atoms with Crippen LogP contribution in [0.25, 0.3) is 0 Å². The molecule has 26 heavy (non-hydrogen) atoms. The first kappa shape index (κ1) is 22.4. The summed E-state index contributed by atoms with van der Waals surface area (Å²) in [7, 11) is 1.22. The minimum atomic E-state index is -1.25. The number of carboxylic acid groups (broad SMARTS) is 1. The van der Waals surface area contributed by atoms with Gasteiger partial charge in [-0.3, -0.25) is 9.59 Å². The molecule has 1 rings (SSSR count). The average molecular weight is 372 g/mol. The van der Waals surface area contributed by atoms with Crippen molar-refractivity contribution >= 4 is 17.8 Å². The maximum atomic E-state index is 12.1. The number of hydrogen-bond acceptors (Lipinski definition) is 6. The summed E-state index contributed by atoms with van der Waals surface area (Å²) in [5, 5.41) is 11.2. The number of nitrogens with two attached hydrogens (primary N) is 1. The molecule has 2 atom stereocenters. The second-order valence-corrected chi connectivity index (χ2v) is 8.33. The van der Waals surface area contributed by atoms with Crippen LogP contribution in [0, 0.1) is 10.8 Å². The molecule has 1 amide bonds. The summed E-state index contributed by atoms with van der Waals surface area (Å²) in [5.41, 5.74) is 5.42. The smallest absolute Gasteiger partial charge is 0.330 e. The Hall–Kier alpha value is -1.67. The van der Waals surface area contributed by atoms with Crippen LogP contribution in [-0.2, 0) is 23.9 Å². The Morgan fingerprint density at radius 2 is 1.73 bits per heavy atom. The van der Waals surface area contributed by atoms with E-state index in [0.29, 0.717) is 0 Å². The first-order chi connectivity index (χ1) is 11.9. The topological polar surface area (TPSA) is 128 Å². The van der Waals surface area contributed by atoms with Crippen molar-refractivity contribution in [3.63, 3.8) is 0 Å². The average Bonchev–Trinajstić information content (AvgIpc) is 2.50. The number of aliphatic carboxylic acids is 1. The molecule has 8 heteroatoms. The molecule has 0 heterocycles. The zero-order valence-electron chi connectivity index (χ0n) is 16.3. The SMILES string of the molecule is COC(=O)[C@H](COC1C(C)(C)CCCC1(C)C)NC(=O)[C@@H](N)CC(=O)O. The fourth-order valence-electron chi connectivity index (χ4n) is 3.83. The van der Waals surface area contributed by atoms with E-state index in [-0.39, 0.29) is 23.5 Å². The summed E-state index contributed by atoms with van der Waals surface area (Å²) in [6, 6.07) is -2.29. The predicted octanol–water partition coefficient (Wildman–Crippen LogP) is 1.07. The van der Waals surface area contributed by atoms with E-state index < -0.39 is 36.4 Å². The minimum absolute atomic E-state index is 0.0598. The van der Waals surface area contributed by atoms with Gasteiger partial charge in [0.25, 0.3) is 0 Å². The van der Waals surface area contributed by atoms with Gasteiger partial charge in [-0.2, -0.15) is 0 Å². The van der Waals surface area contributed by atoms with E-state index in [1.165, 1.54) is 7.11 Å². The Kier molecular flexibility index (Phi) is 7.58. The van der Waals surface area contributed by atoms with Crippen LogP contribution in [0.2, 0.25) is 0 Å². The van der Waals surface area contributed by atoms with Gasteiger partial charge in [0.05, 0.1) is 32.3 Å². The van der Waals surface area contributed by atoms with Crippen molar-refractivity contribution in [3.05, 3.63) is 0 Å². The first-order valence-electron chi connectivity index (χ1n) is 8.88. The molecule has 4 N–H and O–H groups in total. The van der Waals surface area contributed by atoms with Gasteiger partial charge < -0.3 is 25.6 Å². The van der Waals surface area contributed by atoms with Crippen molar-refractivity contribution in [2.75, 3.05) is 13.7 Å². The van der Waals surface area contributed by atoms with Gasteiger partial charge >= 0.3 is 11.9 Å². The molecule has 0 aromatic rings. The molecule has 0 aliphatic heterocycles. The Balaban J connectivity index is 2.80. The highest BCUT2D eigenvalue weighted by Gasteiger charge is 2.45. The number of carbonyl (C=O) groups is 3. The van der Waals surface area contributed by atoms with E-state index in [2.05, 4.69) is 33.0 Å². The summed E-state index contributed by atoms with van der Waals surface area (Å²) in [5.74, 6) is -2.58. The van der Waals surface area contributed by atoms with Crippen molar-refractivity contribution in [2.45, 2.75) is 71.6 Å². The van der Waals surface area contributed by atoms with Crippen LogP contribution in [0.1, 0.15) is 53.4 Å². The lowest BCUT2D eigenvalue weighted by Crippen LogP contribution is -2.53. The number of rotatable bonds is 8. The maximum Gasteiger partial charge on any atom is 0.330 e. The number of amides is 1. The van der Waals surface area contributed by atoms with Crippen LogP contribution in [0.15, 0.2) is 0 Å². The summed E-state index contributed by atoms with van der Waals surface area (Å²) >= 11 is 0. The molecule has 0 saturated heterocycles. The van der Waals surface area contributed by atoms with Crippen molar-refractivity contribution in [1.29, 1.82) is 0 Å². The van der Waals surface area contributed by atoms with Crippen LogP contribution in [0.5, 0.6) is 0 Å². The molecule has 0 radical (unpaired) electrons. The fraction of sp³-hybridized carbons (Fsp3) is 0.833. The normalized spacial score (nSPS) is 21.5. The summed E-state index contributed by atoms with van der Waals surface area (Å²) in [6.45, 7) is 8.47. The Morgan fingerprint density at radius 1 is 1.19 bits per heavy atom. The summed E-state index contributed by atoms with van der Waals surface area (Å²) < 4.78 is 10.8. The van der Waals surface area contributed by atoms with Gasteiger partial charge in [-0.1, -0.05) is 34.1 Å². The molecule has 1 aliphatic rings. The number of nitrogens with one attached hydrogen (secondary N) is 1. The second-order valence-electron chi connectivity index (χ2n) is 8.33. The van der Waals surface area contributed by atoms with Crippen LogP contribution in [0.3, 0.4) is 0 Å². The largest absolute Gasteiger partial charge is 0.481 e. The zero-order valence-corrected chi connectivity index (χ0v) is 16.3. The summed E-state index contributed by atoms with van der Waals surface area (Å²) in [6.07, 6.45) is 2.52. The number of carbonyl (C=O) groups excluding carboxylic acids is 2. The third-order valence-corrected chi connectivity index (χ3v) is 5.02. The molecule has 1 saturated carbocycles. The van der Waals surface area contributed by atoms with Gasteiger partial charge in [-0.15, -0.1) is 0 Å². The Bertz CT molecular complexity index is 516. The predicted molar refractivity (Wildman–Crippen MR) is 95.3 cm³/mol. The van der Waals surface area contributed by atoms with E-state index in [0.717, 1.165) is 19.3 Å². The number of esters is 1. The van der Waals surface area contributed by atoms with Gasteiger partial charge in [0.1, 0.15) is 0 Å². The van der Waals surface area contributed by atoms with Crippen LogP contribution in [0.4, 0.5) is 0 Å². The van der Waals surface area contributed by atoms with Crippen molar-refractivity contribution in [3.8, 4) is 0 Å². The third-order valence-electron chi connectivity index (χ3n) is 5.02. The van der Waals surface area contributed by atoms with Gasteiger partial charge in [0.15, 0.2) is 6.04 Å². The molecular weight excluding hydrogens is 340 g/mol. The van der Waals surface area contributed by atoms with Crippen LogP contribution in [-0.4, -0.2) is 54.9 Å². The monoisotopic (exact) mass is 372 g/mol. The van der Waals surface area contributed by atoms with E-state index in [1.54, 1.807) is 0 Å². The molecule has 8 nitrogen and oxygen atoms in total. The number of methoxy groups -OCH3 is 1. The fourth-order valence-corrected chi connectivity index (χ4v) is 3.83. The third kappa shape index (κ3) is 5.95. The minimum Gasteiger partial charge on any atom is -0.481 e. The highest BCUT2D eigenvalue weighted by molar-refractivity contribution is 5.89. The Labute approximate surface area is 154 Å². The van der Waals surface area contributed by atoms with E-state index in [1.807, 2.05) is 0 Å². The lowest BCUT2D eigenvalue weighted by Gasteiger charge is -2.49. The quantitative estimate of drug-likeness (QED) is 0.544. The van der Waals surface area contributed by atoms with E-state index >= 15 is 0 Å². The van der Waals surface area contributed by atoms with Crippen molar-refractivity contribution in [1.82, 2.24) is 5.32 Å². The molecule has 0 spiro atoms. The van der Waals surface area contributed by atoms with Crippen LogP contribution < -0.4 is 11.1 Å².